The molecule has 0 saturated heterocycles. The van der Waals surface area contributed by atoms with Crippen LogP contribution in [0.15, 0.2) is 0 Å². The van der Waals surface area contributed by atoms with Crippen molar-refractivity contribution in [3.63, 3.8) is 0 Å². The zero-order valence-electron chi connectivity index (χ0n) is 5.15. The molecule has 0 fully saturated rings. The molecule has 0 unspecified atom stereocenters. The maximum atomic E-state index is 9.98. The van der Waals surface area contributed by atoms with Gasteiger partial charge in [0.1, 0.15) is 0 Å². The Bertz CT molecular complexity index is 204. The summed E-state index contributed by atoms with van der Waals surface area (Å²) < 4.78 is 28.1. The predicted octanol–water partition coefficient (Wildman–Crippen LogP) is -0.261. The lowest BCUT2D eigenvalue weighted by molar-refractivity contribution is -0.137. The summed E-state index contributed by atoms with van der Waals surface area (Å²) in [4.78, 5) is 9.81. The van der Waals surface area contributed by atoms with E-state index in [1.165, 1.54) is 0 Å². The third-order valence-corrected chi connectivity index (χ3v) is 1.60. The van der Waals surface area contributed by atoms with Gasteiger partial charge in [0.2, 0.25) is 0 Å². The lowest BCUT2D eigenvalue weighted by Crippen LogP contribution is -2.06. The first-order valence-electron chi connectivity index (χ1n) is 2.59. The Labute approximate surface area is 58.4 Å². The smallest absolute Gasteiger partial charge is 0.303 e. The molecule has 0 aromatic carbocycles. The van der Waals surface area contributed by atoms with Gasteiger partial charge in [0.05, 0.1) is 5.75 Å². The summed E-state index contributed by atoms with van der Waals surface area (Å²) in [6.45, 7) is 0. The van der Waals surface area contributed by atoms with Crippen molar-refractivity contribution in [1.82, 2.24) is 0 Å². The van der Waals surface area contributed by atoms with Crippen LogP contribution in [0.4, 0.5) is 0 Å². The molecule has 0 aliphatic heterocycles. The van der Waals surface area contributed by atoms with E-state index in [0.29, 0.717) is 0 Å². The second kappa shape index (κ2) is 3.52. The fourth-order valence-electron chi connectivity index (χ4n) is 0.406. The van der Waals surface area contributed by atoms with E-state index < -0.39 is 21.8 Å². The van der Waals surface area contributed by atoms with Crippen molar-refractivity contribution in [2.45, 2.75) is 12.8 Å². The van der Waals surface area contributed by atoms with E-state index in [0.717, 1.165) is 0 Å². The average Bonchev–Trinajstić information content (AvgIpc) is 1.59. The summed E-state index contributed by atoms with van der Waals surface area (Å²) in [5.41, 5.74) is 0. The van der Waals surface area contributed by atoms with E-state index in [9.17, 15) is 13.2 Å². The van der Waals surface area contributed by atoms with Gasteiger partial charge >= 0.3 is 5.97 Å². The van der Waals surface area contributed by atoms with Crippen molar-refractivity contribution < 1.29 is 22.9 Å². The minimum atomic E-state index is -3.98. The molecule has 0 aliphatic rings. The quantitative estimate of drug-likeness (QED) is 0.564. The molecule has 2 N–H and O–H groups in total. The zero-order chi connectivity index (χ0) is 8.20. The first-order valence-corrected chi connectivity index (χ1v) is 4.20. The maximum absolute atomic E-state index is 9.98. The van der Waals surface area contributed by atoms with Crippen LogP contribution in [0, 0.1) is 0 Å². The molecule has 0 radical (unpaired) electrons. The maximum Gasteiger partial charge on any atom is 0.303 e. The van der Waals surface area contributed by atoms with Crippen molar-refractivity contribution in [3.05, 3.63) is 0 Å². The minimum absolute atomic E-state index is 0.0475. The predicted molar refractivity (Wildman–Crippen MR) is 33.3 cm³/mol. The Morgan fingerprint density at radius 3 is 2.20 bits per heavy atom. The van der Waals surface area contributed by atoms with Crippen LogP contribution in [0.1, 0.15) is 12.8 Å². The number of carboxylic acid groups (broad SMARTS) is 1. The van der Waals surface area contributed by atoms with Crippen molar-refractivity contribution in [1.29, 1.82) is 0 Å². The summed E-state index contributed by atoms with van der Waals surface area (Å²) in [7, 11) is -3.98. The summed E-state index contributed by atoms with van der Waals surface area (Å²) in [5.74, 6) is -1.55. The van der Waals surface area contributed by atoms with Crippen LogP contribution in [-0.2, 0) is 14.9 Å². The highest BCUT2D eigenvalue weighted by Gasteiger charge is 2.05. The largest absolute Gasteiger partial charge is 0.481 e. The van der Waals surface area contributed by atoms with Gasteiger partial charge in [-0.05, 0) is 6.42 Å². The Morgan fingerprint density at radius 1 is 1.40 bits per heavy atom. The molecule has 0 aromatic heterocycles. The molecule has 0 saturated carbocycles. The van der Waals surface area contributed by atoms with E-state index in [-0.39, 0.29) is 12.8 Å². The standard InChI is InChI=1S/C4H8O5S/c5-4(6)2-1-3-10(7,8)9/h1-3H2,(H,5,6)(H,7,8,9). The van der Waals surface area contributed by atoms with Crippen LogP contribution in [0.25, 0.3) is 0 Å². The third-order valence-electron chi connectivity index (χ3n) is 0.793. The van der Waals surface area contributed by atoms with Gasteiger partial charge in [-0.1, -0.05) is 0 Å². The van der Waals surface area contributed by atoms with Gasteiger partial charge in [0.15, 0.2) is 0 Å². The van der Waals surface area contributed by atoms with Gasteiger partial charge in [0, 0.05) is 6.42 Å². The average molecular weight is 168 g/mol. The van der Waals surface area contributed by atoms with E-state index >= 15 is 0 Å². The first-order chi connectivity index (χ1) is 4.42. The first kappa shape index (κ1) is 9.38. The molecule has 0 heterocycles. The third kappa shape index (κ3) is 7.38. The van der Waals surface area contributed by atoms with Crippen molar-refractivity contribution in [3.8, 4) is 0 Å². The highest BCUT2D eigenvalue weighted by atomic mass is 32.2. The summed E-state index contributed by atoms with van der Waals surface area (Å²) >= 11 is 0. The number of hydrogen-bond acceptors (Lipinski definition) is 3. The van der Waals surface area contributed by atoms with Gasteiger partial charge in [-0.2, -0.15) is 8.42 Å². The van der Waals surface area contributed by atoms with E-state index in [1.807, 2.05) is 0 Å². The topological polar surface area (TPSA) is 91.7 Å². The number of carboxylic acids is 1. The molecule has 6 heteroatoms. The van der Waals surface area contributed by atoms with Crippen molar-refractivity contribution >= 4 is 16.1 Å². The zero-order valence-corrected chi connectivity index (χ0v) is 5.97. The van der Waals surface area contributed by atoms with E-state index in [2.05, 4.69) is 0 Å². The fourth-order valence-corrected chi connectivity index (χ4v) is 0.915. The molecule has 0 rings (SSSR count). The number of hydrogen-bond donors (Lipinski definition) is 2. The minimum Gasteiger partial charge on any atom is -0.481 e. The van der Waals surface area contributed by atoms with Gasteiger partial charge in [-0.3, -0.25) is 9.35 Å². The molecule has 0 aliphatic carbocycles. The van der Waals surface area contributed by atoms with Crippen LogP contribution in [0.2, 0.25) is 0 Å². The van der Waals surface area contributed by atoms with Gasteiger partial charge in [0.25, 0.3) is 10.1 Å². The molecule has 5 nitrogen and oxygen atoms in total. The van der Waals surface area contributed by atoms with E-state index in [4.69, 9.17) is 9.66 Å². The molecular formula is C4H8O5S. The summed E-state index contributed by atoms with van der Waals surface area (Å²) in [5, 5.41) is 8.03. The van der Waals surface area contributed by atoms with Gasteiger partial charge < -0.3 is 5.11 Å². The van der Waals surface area contributed by atoms with Crippen molar-refractivity contribution in [2.24, 2.45) is 0 Å². The van der Waals surface area contributed by atoms with Crippen LogP contribution < -0.4 is 0 Å². The van der Waals surface area contributed by atoms with Gasteiger partial charge in [-0.25, -0.2) is 0 Å². The molecule has 0 bridgehead atoms. The lowest BCUT2D eigenvalue weighted by Gasteiger charge is -1.92. The van der Waals surface area contributed by atoms with Gasteiger partial charge in [-0.15, -0.1) is 0 Å². The Hall–Kier alpha value is -0.620. The Balaban J connectivity index is 3.49. The van der Waals surface area contributed by atoms with Crippen molar-refractivity contribution in [2.75, 3.05) is 5.75 Å². The van der Waals surface area contributed by atoms with E-state index in [1.54, 1.807) is 0 Å². The van der Waals surface area contributed by atoms with Crippen LogP contribution in [-0.4, -0.2) is 29.8 Å². The van der Waals surface area contributed by atoms with Crippen LogP contribution >= 0.6 is 0 Å². The highest BCUT2D eigenvalue weighted by molar-refractivity contribution is 7.85. The molecule has 60 valence electrons. The monoisotopic (exact) mass is 168 g/mol. The lowest BCUT2D eigenvalue weighted by atomic mass is 10.3. The Kier molecular flexibility index (Phi) is 3.31. The molecular weight excluding hydrogens is 160 g/mol. The fraction of sp³-hybridized carbons (Fsp3) is 0.750. The molecule has 0 atom stereocenters. The number of rotatable bonds is 4. The number of aliphatic carboxylic acids is 1. The molecule has 0 aromatic rings. The highest BCUT2D eigenvalue weighted by Crippen LogP contribution is 1.92. The second-order valence-corrected chi connectivity index (χ2v) is 3.36. The SMILES string of the molecule is O=C(O)CCCS(=O)(=O)O. The molecule has 0 amide bonds. The Morgan fingerprint density at radius 2 is 1.90 bits per heavy atom. The normalized spacial score (nSPS) is 11.3. The van der Waals surface area contributed by atoms with Crippen LogP contribution in [0.3, 0.4) is 0 Å². The van der Waals surface area contributed by atoms with Crippen LogP contribution in [0.5, 0.6) is 0 Å². The number of carbonyl (C=O) groups is 1. The summed E-state index contributed by atoms with van der Waals surface area (Å²) in [6.07, 6.45) is -0.284. The molecule has 0 spiro atoms. The summed E-state index contributed by atoms with van der Waals surface area (Å²) in [6, 6.07) is 0. The second-order valence-electron chi connectivity index (χ2n) is 1.78. The molecule has 10 heavy (non-hydrogen) atoms.